The largest absolute Gasteiger partial charge is 0.361 e. The molecule has 2 rings (SSSR count). The molecule has 0 bridgehead atoms. The van der Waals surface area contributed by atoms with Gasteiger partial charge in [0.15, 0.2) is 0 Å². The van der Waals surface area contributed by atoms with E-state index < -0.39 is 11.7 Å². The molecule has 6 nitrogen and oxygen atoms in total. The number of nitrogens with one attached hydrogen (secondary N) is 1. The van der Waals surface area contributed by atoms with Crippen molar-refractivity contribution in [3.8, 4) is 0 Å². The van der Waals surface area contributed by atoms with Crippen molar-refractivity contribution in [2.75, 3.05) is 26.2 Å². The number of ketones is 1. The van der Waals surface area contributed by atoms with Crippen molar-refractivity contribution in [2.45, 2.75) is 20.8 Å². The van der Waals surface area contributed by atoms with Crippen LogP contribution in [-0.4, -0.2) is 58.6 Å². The molecule has 1 aromatic heterocycles. The van der Waals surface area contributed by atoms with E-state index in [-0.39, 0.29) is 5.91 Å². The average Bonchev–Trinajstić information content (AvgIpc) is 3.20. The number of Topliss-reactive ketones (excluding diaryl/α,β-unsaturated/α-hetero) is 1. The summed E-state index contributed by atoms with van der Waals surface area (Å²) in [6.07, 6.45) is 11.3. The Morgan fingerprint density at radius 3 is 2.00 bits per heavy atom. The smallest absolute Gasteiger partial charge is 0.295 e. The van der Waals surface area contributed by atoms with Crippen molar-refractivity contribution in [1.29, 1.82) is 0 Å². The maximum Gasteiger partial charge on any atom is 0.295 e. The second-order valence-electron chi connectivity index (χ2n) is 6.20. The van der Waals surface area contributed by atoms with Crippen molar-refractivity contribution in [3.05, 3.63) is 71.9 Å². The molecule has 0 atom stereocenters. The number of piperazine rings is 1. The fraction of sp³-hybridized carbons (Fsp3) is 0.292. The Labute approximate surface area is 178 Å². The molecule has 0 unspecified atom stereocenters. The quantitative estimate of drug-likeness (QED) is 0.338. The van der Waals surface area contributed by atoms with Crippen LogP contribution >= 0.6 is 0 Å². The number of carbonyl (C=O) groups is 3. The lowest BCUT2D eigenvalue weighted by molar-refractivity contribution is -0.134. The van der Waals surface area contributed by atoms with Crippen LogP contribution in [0.3, 0.4) is 0 Å². The fourth-order valence-corrected chi connectivity index (χ4v) is 3.08. The molecule has 160 valence electrons. The van der Waals surface area contributed by atoms with Gasteiger partial charge in [-0.25, -0.2) is 0 Å². The second-order valence-corrected chi connectivity index (χ2v) is 6.20. The van der Waals surface area contributed by atoms with Crippen LogP contribution in [0.1, 0.15) is 31.1 Å². The minimum atomic E-state index is -0.574. The van der Waals surface area contributed by atoms with Gasteiger partial charge in [-0.2, -0.15) is 0 Å². The highest BCUT2D eigenvalue weighted by molar-refractivity contribution is 6.42. The third-order valence-electron chi connectivity index (χ3n) is 4.58. The van der Waals surface area contributed by atoms with Gasteiger partial charge in [0.2, 0.25) is 0 Å². The molecular weight excluding hydrogens is 378 g/mol. The van der Waals surface area contributed by atoms with Crippen molar-refractivity contribution < 1.29 is 14.4 Å². The minimum Gasteiger partial charge on any atom is -0.361 e. The number of allylic oxidation sites excluding steroid dienone is 3. The molecule has 0 saturated carbocycles. The molecule has 1 fully saturated rings. The topological polar surface area (TPSA) is 73.5 Å². The van der Waals surface area contributed by atoms with E-state index in [4.69, 9.17) is 0 Å². The van der Waals surface area contributed by atoms with E-state index >= 15 is 0 Å². The Hall–Kier alpha value is -3.41. The summed E-state index contributed by atoms with van der Waals surface area (Å²) in [4.78, 5) is 44.0. The monoisotopic (exact) mass is 409 g/mol. The summed E-state index contributed by atoms with van der Waals surface area (Å²) >= 11 is 0. The first-order valence-corrected chi connectivity index (χ1v) is 10.0. The highest BCUT2D eigenvalue weighted by atomic mass is 16.2. The lowest BCUT2D eigenvalue weighted by Crippen LogP contribution is -2.52. The predicted octanol–water partition coefficient (Wildman–Crippen LogP) is 1.96. The summed E-state index contributed by atoms with van der Waals surface area (Å²) in [5.74, 6) is -1.31. The van der Waals surface area contributed by atoms with Gasteiger partial charge in [0.05, 0.1) is 5.56 Å². The fourth-order valence-electron chi connectivity index (χ4n) is 3.08. The zero-order chi connectivity index (χ0) is 22.7. The number of carbonyl (C=O) groups excluding carboxylic acids is 3. The Balaban J connectivity index is 0.00000218. The summed E-state index contributed by atoms with van der Waals surface area (Å²) in [7, 11) is 0. The second kappa shape index (κ2) is 12.2. The number of H-pyrrole nitrogens is 1. The normalized spacial score (nSPS) is 15.2. The van der Waals surface area contributed by atoms with Gasteiger partial charge in [-0.15, -0.1) is 0 Å². The highest BCUT2D eigenvalue weighted by Gasteiger charge is 2.29. The maximum atomic E-state index is 12.7. The Morgan fingerprint density at radius 2 is 1.53 bits per heavy atom. The molecule has 1 aliphatic rings. The number of aromatic amines is 1. The van der Waals surface area contributed by atoms with E-state index in [1.165, 1.54) is 17.1 Å². The van der Waals surface area contributed by atoms with E-state index in [1.807, 2.05) is 26.8 Å². The van der Waals surface area contributed by atoms with Crippen LogP contribution in [0.4, 0.5) is 0 Å². The number of hydrogen-bond donors (Lipinski definition) is 1. The van der Waals surface area contributed by atoms with Gasteiger partial charge in [-0.1, -0.05) is 70.0 Å². The summed E-state index contributed by atoms with van der Waals surface area (Å²) < 4.78 is 0. The van der Waals surface area contributed by atoms with Crippen LogP contribution in [0, 0.1) is 0 Å². The first-order chi connectivity index (χ1) is 14.5. The van der Waals surface area contributed by atoms with E-state index in [2.05, 4.69) is 24.7 Å². The Kier molecular flexibility index (Phi) is 10.0. The molecule has 2 heterocycles. The Morgan fingerprint density at radius 1 is 0.967 bits per heavy atom. The van der Waals surface area contributed by atoms with Crippen molar-refractivity contribution in [3.63, 3.8) is 0 Å². The molecule has 0 aliphatic carbocycles. The van der Waals surface area contributed by atoms with Gasteiger partial charge in [-0.05, 0) is 6.92 Å². The van der Waals surface area contributed by atoms with Crippen LogP contribution in [-0.2, 0) is 9.59 Å². The van der Waals surface area contributed by atoms with Crippen LogP contribution in [0.15, 0.2) is 55.8 Å². The predicted molar refractivity (Wildman–Crippen MR) is 122 cm³/mol. The van der Waals surface area contributed by atoms with Crippen molar-refractivity contribution in [2.24, 2.45) is 0 Å². The molecular formula is C24H31N3O3. The first-order valence-electron chi connectivity index (χ1n) is 10.0. The van der Waals surface area contributed by atoms with Gasteiger partial charge in [0.1, 0.15) is 0 Å². The minimum absolute atomic E-state index is 0.162. The molecule has 0 spiro atoms. The SMILES string of the molecule is C=C/C=c1/c(C(=O)C(=O)N2CCN(C(=O)/C(C=C)=C/C=C)CC2)c[nH]/c1=C/C.CC. The third kappa shape index (κ3) is 5.56. The average molecular weight is 410 g/mol. The van der Waals surface area contributed by atoms with Gasteiger partial charge < -0.3 is 14.8 Å². The zero-order valence-electron chi connectivity index (χ0n) is 18.1. The zero-order valence-corrected chi connectivity index (χ0v) is 18.1. The van der Waals surface area contributed by atoms with Crippen LogP contribution in [0.25, 0.3) is 12.2 Å². The molecule has 1 N–H and O–H groups in total. The first kappa shape index (κ1) is 24.6. The molecule has 6 heteroatoms. The van der Waals surface area contributed by atoms with E-state index in [0.717, 1.165) is 5.35 Å². The summed E-state index contributed by atoms with van der Waals surface area (Å²) in [5, 5.41) is 1.41. The van der Waals surface area contributed by atoms with Gasteiger partial charge in [0.25, 0.3) is 17.6 Å². The van der Waals surface area contributed by atoms with Gasteiger partial charge in [0, 0.05) is 48.5 Å². The van der Waals surface area contributed by atoms with Crippen LogP contribution in [0.5, 0.6) is 0 Å². The highest BCUT2D eigenvalue weighted by Crippen LogP contribution is 2.10. The molecule has 0 aromatic carbocycles. The number of nitrogens with zero attached hydrogens (tertiary/aromatic N) is 2. The van der Waals surface area contributed by atoms with Crippen molar-refractivity contribution in [1.82, 2.24) is 14.8 Å². The van der Waals surface area contributed by atoms with Crippen LogP contribution < -0.4 is 10.6 Å². The third-order valence-corrected chi connectivity index (χ3v) is 4.58. The van der Waals surface area contributed by atoms with Crippen molar-refractivity contribution >= 4 is 29.7 Å². The van der Waals surface area contributed by atoms with E-state index in [1.54, 1.807) is 29.3 Å². The number of rotatable bonds is 6. The van der Waals surface area contributed by atoms with E-state index in [9.17, 15) is 14.4 Å². The lowest BCUT2D eigenvalue weighted by atomic mass is 10.1. The molecule has 2 amide bonds. The molecule has 1 aromatic rings. The summed E-state index contributed by atoms with van der Waals surface area (Å²) in [6.45, 7) is 18.0. The molecule has 1 saturated heterocycles. The summed E-state index contributed by atoms with van der Waals surface area (Å²) in [5.41, 5.74) is 0.769. The van der Waals surface area contributed by atoms with E-state index in [0.29, 0.717) is 42.5 Å². The molecule has 30 heavy (non-hydrogen) atoms. The van der Waals surface area contributed by atoms with Crippen LogP contribution in [0.2, 0.25) is 0 Å². The molecule has 0 radical (unpaired) electrons. The Bertz CT molecular complexity index is 958. The number of aromatic nitrogens is 1. The standard InChI is InChI=1S/C22H25N3O3.C2H6/c1-5-9-16(7-3)21(27)24-11-13-25(14-12-24)22(28)20(26)18-15-23-19(8-4)17(18)10-6-2;1-2/h5-10,15,23H,1-3,11-14H2,4H3;1-2H3/b16-9+,17-10-,19-8+;. The lowest BCUT2D eigenvalue weighted by Gasteiger charge is -2.34. The summed E-state index contributed by atoms with van der Waals surface area (Å²) in [6, 6.07) is 0. The molecule has 1 aliphatic heterocycles. The van der Waals surface area contributed by atoms with Gasteiger partial charge >= 0.3 is 0 Å². The number of hydrogen-bond acceptors (Lipinski definition) is 3. The number of amides is 2. The van der Waals surface area contributed by atoms with Gasteiger partial charge in [-0.3, -0.25) is 14.4 Å². The maximum absolute atomic E-state index is 12.7.